The smallest absolute Gasteiger partial charge is 0.351 e. The van der Waals surface area contributed by atoms with Gasteiger partial charge in [-0.05, 0) is 11.6 Å². The molecule has 0 aliphatic carbocycles. The van der Waals surface area contributed by atoms with E-state index in [1.165, 1.54) is 24.3 Å². The largest absolute Gasteiger partial charge is 0.431 e. The van der Waals surface area contributed by atoms with Crippen LogP contribution in [0.5, 0.6) is 0 Å². The fraction of sp³-hybridized carbons (Fsp3) is 0.167. The number of hydrogen-bond acceptors (Lipinski definition) is 0. The normalized spacial score (nSPS) is 12.7. The highest BCUT2D eigenvalue weighted by atomic mass is 19.4. The highest BCUT2D eigenvalue weighted by Crippen LogP contribution is 2.40. The van der Waals surface area contributed by atoms with E-state index in [9.17, 15) is 26.3 Å². The molecule has 0 fully saturated rings. The Hall–Kier alpha value is -1.92. The zero-order valence-corrected chi connectivity index (χ0v) is 9.23. The summed E-state index contributed by atoms with van der Waals surface area (Å²) in [6.07, 6.45) is -9.71. The van der Waals surface area contributed by atoms with Crippen molar-refractivity contribution < 1.29 is 26.3 Å². The lowest BCUT2D eigenvalue weighted by Crippen LogP contribution is -2.06. The number of alkyl halides is 6. The van der Waals surface area contributed by atoms with Crippen LogP contribution >= 0.6 is 0 Å². The number of benzene rings is 1. The Balaban J connectivity index is 2.63. The van der Waals surface area contributed by atoms with Crippen molar-refractivity contribution in [1.29, 1.82) is 0 Å². The average molecular weight is 279 g/mol. The molecule has 1 N–H and O–H groups in total. The summed E-state index contributed by atoms with van der Waals surface area (Å²) in [5.74, 6) is 0. The van der Waals surface area contributed by atoms with Crippen LogP contribution in [0.1, 0.15) is 11.3 Å². The number of hydrogen-bond donors (Lipinski definition) is 1. The molecule has 0 spiro atoms. The van der Waals surface area contributed by atoms with E-state index in [2.05, 4.69) is 0 Å². The topological polar surface area (TPSA) is 15.8 Å². The second kappa shape index (κ2) is 4.32. The minimum Gasteiger partial charge on any atom is -0.351 e. The van der Waals surface area contributed by atoms with Crippen LogP contribution in [0.3, 0.4) is 0 Å². The van der Waals surface area contributed by atoms with E-state index in [1.54, 1.807) is 11.1 Å². The molecule has 19 heavy (non-hydrogen) atoms. The number of aromatic amines is 1. The summed E-state index contributed by atoms with van der Waals surface area (Å²) in [6.45, 7) is 0. The average Bonchev–Trinajstić information content (AvgIpc) is 2.74. The van der Waals surface area contributed by atoms with Crippen molar-refractivity contribution in [3.63, 3.8) is 0 Å². The van der Waals surface area contributed by atoms with Gasteiger partial charge in [0.1, 0.15) is 5.69 Å². The summed E-state index contributed by atoms with van der Waals surface area (Å²) < 4.78 is 75.7. The first-order valence-electron chi connectivity index (χ1n) is 5.12. The molecule has 0 aliphatic rings. The molecule has 0 aliphatic heterocycles. The molecular formula is C12H7F6N. The van der Waals surface area contributed by atoms with Gasteiger partial charge < -0.3 is 4.98 Å². The maximum Gasteiger partial charge on any atom is 0.431 e. The molecule has 7 heteroatoms. The van der Waals surface area contributed by atoms with Gasteiger partial charge in [-0.2, -0.15) is 26.3 Å². The first-order valence-corrected chi connectivity index (χ1v) is 5.12. The minimum atomic E-state index is -4.86. The molecule has 0 unspecified atom stereocenters. The number of halogens is 6. The monoisotopic (exact) mass is 279 g/mol. The van der Waals surface area contributed by atoms with Crippen molar-refractivity contribution in [1.82, 2.24) is 4.98 Å². The molecular weight excluding hydrogens is 272 g/mol. The zero-order valence-electron chi connectivity index (χ0n) is 9.23. The van der Waals surface area contributed by atoms with E-state index >= 15 is 0 Å². The van der Waals surface area contributed by atoms with Gasteiger partial charge in [-0.25, -0.2) is 0 Å². The lowest BCUT2D eigenvalue weighted by Gasteiger charge is -2.07. The SMILES string of the molecule is FC(F)(F)c1cc(C(F)(F)F)c(-c2ccccc2)[nH]1. The Morgan fingerprint density at radius 2 is 1.37 bits per heavy atom. The Bertz CT molecular complexity index is 564. The van der Waals surface area contributed by atoms with E-state index in [-0.39, 0.29) is 11.6 Å². The van der Waals surface area contributed by atoms with E-state index in [4.69, 9.17) is 0 Å². The zero-order chi connectivity index (χ0) is 14.3. The summed E-state index contributed by atoms with van der Waals surface area (Å²) in [5, 5.41) is 0. The summed E-state index contributed by atoms with van der Waals surface area (Å²) in [6, 6.07) is 7.16. The van der Waals surface area contributed by atoms with Gasteiger partial charge >= 0.3 is 12.4 Å². The maximum absolute atomic E-state index is 12.7. The second-order valence-electron chi connectivity index (χ2n) is 3.83. The van der Waals surface area contributed by atoms with Crippen molar-refractivity contribution in [2.24, 2.45) is 0 Å². The Morgan fingerprint density at radius 1 is 0.789 bits per heavy atom. The first kappa shape index (κ1) is 13.5. The third-order valence-electron chi connectivity index (χ3n) is 2.49. The standard InChI is InChI=1S/C12H7F6N/c13-11(14,15)8-6-9(12(16,17)18)19-10(8)7-4-2-1-3-5-7/h1-6,19H. The molecule has 0 atom stereocenters. The van der Waals surface area contributed by atoms with E-state index in [0.717, 1.165) is 0 Å². The van der Waals surface area contributed by atoms with Crippen molar-refractivity contribution in [3.8, 4) is 11.3 Å². The first-order chi connectivity index (χ1) is 8.69. The lowest BCUT2D eigenvalue weighted by atomic mass is 10.1. The van der Waals surface area contributed by atoms with Crippen molar-refractivity contribution in [3.05, 3.63) is 47.7 Å². The number of H-pyrrole nitrogens is 1. The van der Waals surface area contributed by atoms with E-state index in [1.807, 2.05) is 0 Å². The van der Waals surface area contributed by atoms with Crippen LogP contribution in [0.15, 0.2) is 36.4 Å². The number of aromatic nitrogens is 1. The Labute approximate surface area is 103 Å². The lowest BCUT2D eigenvalue weighted by molar-refractivity contribution is -0.142. The van der Waals surface area contributed by atoms with Crippen molar-refractivity contribution >= 4 is 0 Å². The van der Waals surface area contributed by atoms with Gasteiger partial charge in [0, 0.05) is 0 Å². The number of rotatable bonds is 1. The van der Waals surface area contributed by atoms with Gasteiger partial charge in [0.25, 0.3) is 0 Å². The van der Waals surface area contributed by atoms with E-state index in [0.29, 0.717) is 0 Å². The van der Waals surface area contributed by atoms with Crippen molar-refractivity contribution in [2.75, 3.05) is 0 Å². The summed E-state index contributed by atoms with van der Waals surface area (Å²) in [4.78, 5) is 1.80. The Kier molecular flexibility index (Phi) is 3.07. The molecule has 0 radical (unpaired) electrons. The van der Waals surface area contributed by atoms with Crippen LogP contribution in [0.2, 0.25) is 0 Å². The molecule has 0 saturated heterocycles. The van der Waals surface area contributed by atoms with Gasteiger partial charge in [0.2, 0.25) is 0 Å². The fourth-order valence-electron chi connectivity index (χ4n) is 1.66. The fourth-order valence-corrected chi connectivity index (χ4v) is 1.66. The molecule has 0 amide bonds. The van der Waals surface area contributed by atoms with Crippen LogP contribution in [-0.4, -0.2) is 4.98 Å². The predicted molar refractivity (Wildman–Crippen MR) is 56.2 cm³/mol. The van der Waals surface area contributed by atoms with Crippen LogP contribution < -0.4 is 0 Å². The summed E-state index contributed by atoms with van der Waals surface area (Å²) in [7, 11) is 0. The molecule has 102 valence electrons. The van der Waals surface area contributed by atoms with E-state index < -0.39 is 29.3 Å². The maximum atomic E-state index is 12.7. The van der Waals surface area contributed by atoms with Gasteiger partial charge in [0.15, 0.2) is 0 Å². The molecule has 2 aromatic rings. The molecule has 1 nitrogen and oxygen atoms in total. The van der Waals surface area contributed by atoms with Crippen LogP contribution in [0, 0.1) is 0 Å². The predicted octanol–water partition coefficient (Wildman–Crippen LogP) is 4.72. The summed E-state index contributed by atoms with van der Waals surface area (Å²) >= 11 is 0. The quantitative estimate of drug-likeness (QED) is 0.727. The molecule has 1 aromatic heterocycles. The van der Waals surface area contributed by atoms with Crippen molar-refractivity contribution in [2.45, 2.75) is 12.4 Å². The molecule has 0 bridgehead atoms. The van der Waals surface area contributed by atoms with Crippen LogP contribution in [0.25, 0.3) is 11.3 Å². The molecule has 1 heterocycles. The third kappa shape index (κ3) is 2.74. The minimum absolute atomic E-state index is 0.0466. The summed E-state index contributed by atoms with van der Waals surface area (Å²) in [5.41, 5.74) is -3.28. The molecule has 0 saturated carbocycles. The van der Waals surface area contributed by atoms with Gasteiger partial charge in [-0.15, -0.1) is 0 Å². The highest BCUT2D eigenvalue weighted by Gasteiger charge is 2.41. The highest BCUT2D eigenvalue weighted by molar-refractivity contribution is 5.65. The third-order valence-corrected chi connectivity index (χ3v) is 2.49. The van der Waals surface area contributed by atoms with Crippen LogP contribution in [-0.2, 0) is 12.4 Å². The second-order valence-corrected chi connectivity index (χ2v) is 3.83. The number of nitrogens with one attached hydrogen (secondary N) is 1. The Morgan fingerprint density at radius 3 is 1.84 bits per heavy atom. The molecule has 1 aromatic carbocycles. The van der Waals surface area contributed by atoms with Gasteiger partial charge in [0.05, 0.1) is 11.3 Å². The van der Waals surface area contributed by atoms with Crippen LogP contribution in [0.4, 0.5) is 26.3 Å². The molecule has 2 rings (SSSR count). The van der Waals surface area contributed by atoms with Gasteiger partial charge in [-0.3, -0.25) is 0 Å². The van der Waals surface area contributed by atoms with Gasteiger partial charge in [-0.1, -0.05) is 30.3 Å².